The van der Waals surface area contributed by atoms with Gasteiger partial charge >= 0.3 is 6.03 Å². The van der Waals surface area contributed by atoms with Crippen LogP contribution in [-0.2, 0) is 11.3 Å². The van der Waals surface area contributed by atoms with Gasteiger partial charge in [-0.25, -0.2) is 4.79 Å². The van der Waals surface area contributed by atoms with Gasteiger partial charge in [0.1, 0.15) is 12.3 Å². The Morgan fingerprint density at radius 2 is 1.96 bits per heavy atom. The zero-order chi connectivity index (χ0) is 18.9. The number of amides is 3. The summed E-state index contributed by atoms with van der Waals surface area (Å²) < 4.78 is 4.93. The van der Waals surface area contributed by atoms with E-state index in [9.17, 15) is 9.59 Å². The minimum Gasteiger partial charge on any atom is -0.360 e. The van der Waals surface area contributed by atoms with Crippen molar-refractivity contribution in [2.24, 2.45) is 5.92 Å². The molecule has 3 amide bonds. The molecule has 0 fully saturated rings. The van der Waals surface area contributed by atoms with Crippen LogP contribution >= 0.6 is 0 Å². The fourth-order valence-corrected chi connectivity index (χ4v) is 2.33. The number of hydrogen-bond acceptors (Lipinski definition) is 4. The van der Waals surface area contributed by atoms with Gasteiger partial charge in [0.05, 0.1) is 0 Å². The van der Waals surface area contributed by atoms with Crippen LogP contribution in [0.25, 0.3) is 0 Å². The van der Waals surface area contributed by atoms with E-state index in [4.69, 9.17) is 4.52 Å². The summed E-state index contributed by atoms with van der Waals surface area (Å²) in [6.45, 7) is 6.79. The summed E-state index contributed by atoms with van der Waals surface area (Å²) in [6.07, 6.45) is 0.815. The van der Waals surface area contributed by atoms with Crippen molar-refractivity contribution < 1.29 is 14.1 Å². The van der Waals surface area contributed by atoms with Crippen LogP contribution in [0.15, 0.2) is 40.9 Å². The summed E-state index contributed by atoms with van der Waals surface area (Å²) in [4.78, 5) is 26.3. The number of carbonyl (C=O) groups is 2. The van der Waals surface area contributed by atoms with E-state index in [1.165, 1.54) is 4.90 Å². The first-order chi connectivity index (χ1) is 12.4. The van der Waals surface area contributed by atoms with Gasteiger partial charge in [-0.3, -0.25) is 4.79 Å². The number of aromatic nitrogens is 1. The summed E-state index contributed by atoms with van der Waals surface area (Å²) >= 11 is 0. The molecule has 1 aromatic heterocycles. The van der Waals surface area contributed by atoms with Crippen molar-refractivity contribution in [1.82, 2.24) is 15.4 Å². The molecule has 0 aliphatic heterocycles. The summed E-state index contributed by atoms with van der Waals surface area (Å²) in [7, 11) is 0. The SMILES string of the molecule is Cc1cc(NC(=O)CN(CCC(C)C)C(=O)NCc2ccccc2)no1. The molecule has 26 heavy (non-hydrogen) atoms. The Labute approximate surface area is 153 Å². The van der Waals surface area contributed by atoms with E-state index in [-0.39, 0.29) is 18.5 Å². The number of urea groups is 1. The highest BCUT2D eigenvalue weighted by Gasteiger charge is 2.18. The van der Waals surface area contributed by atoms with Gasteiger partial charge in [0.25, 0.3) is 0 Å². The van der Waals surface area contributed by atoms with E-state index in [1.807, 2.05) is 30.3 Å². The van der Waals surface area contributed by atoms with Crippen LogP contribution in [0.4, 0.5) is 10.6 Å². The lowest BCUT2D eigenvalue weighted by Gasteiger charge is -2.23. The molecule has 0 aliphatic carbocycles. The first-order valence-corrected chi connectivity index (χ1v) is 8.74. The molecule has 7 nitrogen and oxygen atoms in total. The van der Waals surface area contributed by atoms with Crippen molar-refractivity contribution >= 4 is 17.8 Å². The van der Waals surface area contributed by atoms with E-state index < -0.39 is 0 Å². The van der Waals surface area contributed by atoms with Crippen molar-refractivity contribution in [3.63, 3.8) is 0 Å². The average Bonchev–Trinajstić information content (AvgIpc) is 3.01. The standard InChI is InChI=1S/C19H26N4O3/c1-14(2)9-10-23(13-18(24)21-17-11-15(3)26-22-17)19(25)20-12-16-7-5-4-6-8-16/h4-8,11,14H,9-10,12-13H2,1-3H3,(H,20,25)(H,21,22,24). The lowest BCUT2D eigenvalue weighted by molar-refractivity contribution is -0.116. The van der Waals surface area contributed by atoms with Gasteiger partial charge in [-0.15, -0.1) is 0 Å². The minimum absolute atomic E-state index is 0.0424. The van der Waals surface area contributed by atoms with E-state index >= 15 is 0 Å². The van der Waals surface area contributed by atoms with Gasteiger partial charge in [0, 0.05) is 19.2 Å². The maximum atomic E-state index is 12.5. The molecule has 0 aliphatic rings. The van der Waals surface area contributed by atoms with Crippen molar-refractivity contribution in [3.05, 3.63) is 47.7 Å². The van der Waals surface area contributed by atoms with Crippen molar-refractivity contribution in [2.75, 3.05) is 18.4 Å². The Bertz CT molecular complexity index is 713. The fourth-order valence-electron chi connectivity index (χ4n) is 2.33. The quantitative estimate of drug-likeness (QED) is 0.759. The lowest BCUT2D eigenvalue weighted by Crippen LogP contribution is -2.44. The van der Waals surface area contributed by atoms with Gasteiger partial charge in [-0.2, -0.15) is 0 Å². The zero-order valence-corrected chi connectivity index (χ0v) is 15.5. The van der Waals surface area contributed by atoms with Gasteiger partial charge in [0.2, 0.25) is 5.91 Å². The highest BCUT2D eigenvalue weighted by Crippen LogP contribution is 2.08. The van der Waals surface area contributed by atoms with Crippen LogP contribution in [-0.4, -0.2) is 35.1 Å². The molecule has 0 saturated heterocycles. The third kappa shape index (κ3) is 6.58. The molecule has 0 spiro atoms. The third-order valence-electron chi connectivity index (χ3n) is 3.78. The molecule has 7 heteroatoms. The summed E-state index contributed by atoms with van der Waals surface area (Å²) in [5, 5.41) is 9.25. The van der Waals surface area contributed by atoms with Crippen LogP contribution in [0.2, 0.25) is 0 Å². The molecule has 0 unspecified atom stereocenters. The summed E-state index contributed by atoms with van der Waals surface area (Å²) in [5.41, 5.74) is 1.01. The van der Waals surface area contributed by atoms with Crippen LogP contribution < -0.4 is 10.6 Å². The second kappa shape index (κ2) is 9.60. The monoisotopic (exact) mass is 358 g/mol. The van der Waals surface area contributed by atoms with Crippen molar-refractivity contribution in [2.45, 2.75) is 33.7 Å². The topological polar surface area (TPSA) is 87.5 Å². The first kappa shape index (κ1) is 19.5. The predicted octanol–water partition coefficient (Wildman–Crippen LogP) is 3.18. The molecule has 1 aromatic carbocycles. The number of benzene rings is 1. The second-order valence-corrected chi connectivity index (χ2v) is 6.62. The number of anilines is 1. The molecular formula is C19H26N4O3. The number of carbonyl (C=O) groups excluding carboxylic acids is 2. The number of hydrogen-bond donors (Lipinski definition) is 2. The number of aryl methyl sites for hydroxylation is 1. The molecule has 2 rings (SSSR count). The van der Waals surface area contributed by atoms with Gasteiger partial charge in [-0.1, -0.05) is 49.3 Å². The molecule has 1 heterocycles. The zero-order valence-electron chi connectivity index (χ0n) is 15.5. The van der Waals surface area contributed by atoms with Crippen molar-refractivity contribution in [3.8, 4) is 0 Å². The molecule has 2 aromatic rings. The fraction of sp³-hybridized carbons (Fsp3) is 0.421. The Hall–Kier alpha value is -2.83. The largest absolute Gasteiger partial charge is 0.360 e. The minimum atomic E-state index is -0.308. The summed E-state index contributed by atoms with van der Waals surface area (Å²) in [6, 6.07) is 11.0. The Kier molecular flexibility index (Phi) is 7.20. The first-order valence-electron chi connectivity index (χ1n) is 8.74. The van der Waals surface area contributed by atoms with Crippen molar-refractivity contribution in [1.29, 1.82) is 0 Å². The molecule has 140 valence electrons. The summed E-state index contributed by atoms with van der Waals surface area (Å²) in [5.74, 6) is 1.08. The molecule has 2 N–H and O–H groups in total. The van der Waals surface area contributed by atoms with Gasteiger partial charge in [0.15, 0.2) is 5.82 Å². The molecule has 0 bridgehead atoms. The average molecular weight is 358 g/mol. The third-order valence-corrected chi connectivity index (χ3v) is 3.78. The van der Waals surface area contributed by atoms with Gasteiger partial charge in [-0.05, 0) is 24.8 Å². The Balaban J connectivity index is 1.92. The smallest absolute Gasteiger partial charge is 0.318 e. The predicted molar refractivity (Wildman–Crippen MR) is 99.6 cm³/mol. The van der Waals surface area contributed by atoms with Crippen LogP contribution in [0.3, 0.4) is 0 Å². The lowest BCUT2D eigenvalue weighted by atomic mass is 10.1. The maximum Gasteiger partial charge on any atom is 0.318 e. The highest BCUT2D eigenvalue weighted by atomic mass is 16.5. The Morgan fingerprint density at radius 3 is 2.58 bits per heavy atom. The van der Waals surface area contributed by atoms with E-state index in [1.54, 1.807) is 13.0 Å². The number of nitrogens with zero attached hydrogens (tertiary/aromatic N) is 2. The maximum absolute atomic E-state index is 12.5. The van der Waals surface area contributed by atoms with Crippen LogP contribution in [0, 0.1) is 12.8 Å². The highest BCUT2D eigenvalue weighted by molar-refractivity contribution is 5.93. The van der Waals surface area contributed by atoms with E-state index in [0.717, 1.165) is 12.0 Å². The molecular weight excluding hydrogens is 332 g/mol. The van der Waals surface area contributed by atoms with E-state index in [2.05, 4.69) is 29.6 Å². The van der Waals surface area contributed by atoms with Crippen LogP contribution in [0.1, 0.15) is 31.6 Å². The second-order valence-electron chi connectivity index (χ2n) is 6.62. The van der Waals surface area contributed by atoms with E-state index in [0.29, 0.717) is 30.6 Å². The Morgan fingerprint density at radius 1 is 1.23 bits per heavy atom. The molecule has 0 radical (unpaired) electrons. The molecule has 0 atom stereocenters. The normalized spacial score (nSPS) is 10.6. The number of nitrogens with one attached hydrogen (secondary N) is 2. The van der Waals surface area contributed by atoms with Gasteiger partial charge < -0.3 is 20.1 Å². The molecule has 0 saturated carbocycles. The van der Waals surface area contributed by atoms with Crippen LogP contribution in [0.5, 0.6) is 0 Å². The number of rotatable bonds is 8.